The minimum absolute atomic E-state index is 0.0351. The molecule has 0 aliphatic heterocycles. The fraction of sp³-hybridized carbons (Fsp3) is 0.385. The van der Waals surface area contributed by atoms with Gasteiger partial charge in [0, 0.05) is 11.6 Å². The topological polar surface area (TPSA) is 55.4 Å². The van der Waals surface area contributed by atoms with E-state index in [4.69, 9.17) is 4.74 Å². The van der Waals surface area contributed by atoms with Crippen LogP contribution in [0.25, 0.3) is 0 Å². The second kappa shape index (κ2) is 6.68. The summed E-state index contributed by atoms with van der Waals surface area (Å²) in [5, 5.41) is 2.79. The molecule has 0 radical (unpaired) electrons. The fourth-order valence-corrected chi connectivity index (χ4v) is 1.25. The lowest BCUT2D eigenvalue weighted by molar-refractivity contribution is -0.123. The Morgan fingerprint density at radius 1 is 1.53 bits per heavy atom. The molecule has 4 heteroatoms. The van der Waals surface area contributed by atoms with Crippen LogP contribution in [0.1, 0.15) is 30.6 Å². The van der Waals surface area contributed by atoms with E-state index in [-0.39, 0.29) is 18.6 Å². The van der Waals surface area contributed by atoms with Gasteiger partial charge in [0.05, 0.1) is 0 Å². The van der Waals surface area contributed by atoms with E-state index < -0.39 is 0 Å². The van der Waals surface area contributed by atoms with Crippen LogP contribution in [0.2, 0.25) is 0 Å². The molecule has 0 spiro atoms. The number of carbonyl (C=O) groups is 2. The van der Waals surface area contributed by atoms with Gasteiger partial charge in [0.25, 0.3) is 5.91 Å². The van der Waals surface area contributed by atoms with Crippen molar-refractivity contribution in [2.75, 3.05) is 6.61 Å². The van der Waals surface area contributed by atoms with Crippen molar-refractivity contribution >= 4 is 12.2 Å². The molecule has 1 aromatic carbocycles. The molecule has 1 amide bonds. The molecule has 0 fully saturated rings. The molecule has 0 bridgehead atoms. The first-order valence-electron chi connectivity index (χ1n) is 5.63. The van der Waals surface area contributed by atoms with E-state index in [1.54, 1.807) is 24.3 Å². The molecule has 0 heterocycles. The van der Waals surface area contributed by atoms with Crippen LogP contribution in [-0.4, -0.2) is 24.8 Å². The van der Waals surface area contributed by atoms with Gasteiger partial charge in [0.1, 0.15) is 12.0 Å². The highest BCUT2D eigenvalue weighted by molar-refractivity contribution is 5.78. The molecule has 1 N–H and O–H groups in total. The third-order valence-corrected chi connectivity index (χ3v) is 2.38. The molecule has 0 aromatic heterocycles. The van der Waals surface area contributed by atoms with E-state index >= 15 is 0 Å². The van der Waals surface area contributed by atoms with Gasteiger partial charge in [-0.2, -0.15) is 0 Å². The van der Waals surface area contributed by atoms with E-state index in [0.29, 0.717) is 11.3 Å². The summed E-state index contributed by atoms with van der Waals surface area (Å²) in [7, 11) is 0. The summed E-state index contributed by atoms with van der Waals surface area (Å²) in [4.78, 5) is 22.0. The average Bonchev–Trinajstić information content (AvgIpc) is 2.36. The van der Waals surface area contributed by atoms with Crippen LogP contribution in [0.3, 0.4) is 0 Å². The number of hydrogen-bond acceptors (Lipinski definition) is 3. The largest absolute Gasteiger partial charge is 0.484 e. The first-order chi connectivity index (χ1) is 8.15. The summed E-state index contributed by atoms with van der Waals surface area (Å²) >= 11 is 0. The van der Waals surface area contributed by atoms with Gasteiger partial charge in [0.2, 0.25) is 0 Å². The van der Waals surface area contributed by atoms with E-state index in [1.165, 1.54) is 0 Å². The van der Waals surface area contributed by atoms with Gasteiger partial charge in [0.15, 0.2) is 6.61 Å². The molecule has 1 atom stereocenters. The van der Waals surface area contributed by atoms with Gasteiger partial charge in [-0.3, -0.25) is 9.59 Å². The number of rotatable bonds is 6. The minimum atomic E-state index is -0.157. The molecule has 0 saturated heterocycles. The molecular formula is C13H17NO3. The number of ether oxygens (including phenoxy) is 1. The van der Waals surface area contributed by atoms with E-state index in [0.717, 1.165) is 12.7 Å². The third kappa shape index (κ3) is 4.68. The molecule has 1 rings (SSSR count). The predicted octanol–water partition coefficient (Wildman–Crippen LogP) is 1.79. The Morgan fingerprint density at radius 2 is 2.29 bits per heavy atom. The Bertz CT molecular complexity index is 390. The summed E-state index contributed by atoms with van der Waals surface area (Å²) < 4.78 is 5.28. The zero-order chi connectivity index (χ0) is 12.7. The molecule has 92 valence electrons. The van der Waals surface area contributed by atoms with Crippen LogP contribution in [0, 0.1) is 0 Å². The zero-order valence-electron chi connectivity index (χ0n) is 10.1. The predicted molar refractivity (Wildman–Crippen MR) is 65.2 cm³/mol. The van der Waals surface area contributed by atoms with Crippen molar-refractivity contribution < 1.29 is 14.3 Å². The maximum absolute atomic E-state index is 11.4. The highest BCUT2D eigenvalue weighted by Crippen LogP contribution is 2.11. The minimum Gasteiger partial charge on any atom is -0.484 e. The summed E-state index contributed by atoms with van der Waals surface area (Å²) in [6, 6.07) is 6.85. The van der Waals surface area contributed by atoms with Gasteiger partial charge in [-0.15, -0.1) is 0 Å². The molecule has 17 heavy (non-hydrogen) atoms. The summed E-state index contributed by atoms with van der Waals surface area (Å²) in [6.45, 7) is 3.90. The van der Waals surface area contributed by atoms with Crippen molar-refractivity contribution in [1.29, 1.82) is 0 Å². The molecule has 0 aliphatic rings. The molecular weight excluding hydrogens is 218 g/mol. The number of benzene rings is 1. The monoisotopic (exact) mass is 235 g/mol. The van der Waals surface area contributed by atoms with Crippen molar-refractivity contribution in [3.63, 3.8) is 0 Å². The standard InChI is InChI=1S/C13H17NO3/c1-3-10(2)14-13(16)9-17-12-6-4-5-11(7-12)8-15/h4-8,10H,3,9H2,1-2H3,(H,14,16)/t10-/m1/s1. The Labute approximate surface area is 101 Å². The van der Waals surface area contributed by atoms with Gasteiger partial charge in [-0.05, 0) is 25.5 Å². The number of nitrogens with one attached hydrogen (secondary N) is 1. The SMILES string of the molecule is CC[C@@H](C)NC(=O)COc1cccc(C=O)c1. The maximum Gasteiger partial charge on any atom is 0.258 e. The molecule has 4 nitrogen and oxygen atoms in total. The van der Waals surface area contributed by atoms with E-state index in [2.05, 4.69) is 5.32 Å². The molecule has 0 saturated carbocycles. The number of carbonyl (C=O) groups excluding carboxylic acids is 2. The van der Waals surface area contributed by atoms with Gasteiger partial charge >= 0.3 is 0 Å². The highest BCUT2D eigenvalue weighted by atomic mass is 16.5. The number of aldehydes is 1. The van der Waals surface area contributed by atoms with Crippen LogP contribution >= 0.6 is 0 Å². The number of amides is 1. The normalized spacial score (nSPS) is 11.6. The fourth-order valence-electron chi connectivity index (χ4n) is 1.25. The summed E-state index contributed by atoms with van der Waals surface area (Å²) in [5.74, 6) is 0.366. The first kappa shape index (κ1) is 13.2. The Balaban J connectivity index is 2.44. The lowest BCUT2D eigenvalue weighted by Crippen LogP contribution is -2.35. The average molecular weight is 235 g/mol. The van der Waals surface area contributed by atoms with Crippen LogP contribution in [0.4, 0.5) is 0 Å². The van der Waals surface area contributed by atoms with Gasteiger partial charge in [-0.25, -0.2) is 0 Å². The molecule has 0 aliphatic carbocycles. The second-order valence-corrected chi connectivity index (χ2v) is 3.86. The Kier molecular flexibility index (Phi) is 5.20. The smallest absolute Gasteiger partial charge is 0.258 e. The van der Waals surface area contributed by atoms with Gasteiger partial charge < -0.3 is 10.1 Å². The summed E-state index contributed by atoms with van der Waals surface area (Å²) in [5.41, 5.74) is 0.532. The van der Waals surface area contributed by atoms with Crippen molar-refractivity contribution in [3.8, 4) is 5.75 Å². The highest BCUT2D eigenvalue weighted by Gasteiger charge is 2.06. The van der Waals surface area contributed by atoms with Crippen LogP contribution < -0.4 is 10.1 Å². The van der Waals surface area contributed by atoms with Gasteiger partial charge in [-0.1, -0.05) is 19.1 Å². The van der Waals surface area contributed by atoms with Crippen LogP contribution in [0.15, 0.2) is 24.3 Å². The van der Waals surface area contributed by atoms with E-state index in [1.807, 2.05) is 13.8 Å². The van der Waals surface area contributed by atoms with Crippen molar-refractivity contribution in [1.82, 2.24) is 5.32 Å². The number of hydrogen-bond donors (Lipinski definition) is 1. The Hall–Kier alpha value is -1.84. The first-order valence-corrected chi connectivity index (χ1v) is 5.63. The van der Waals surface area contributed by atoms with Crippen molar-refractivity contribution in [2.24, 2.45) is 0 Å². The van der Waals surface area contributed by atoms with Crippen molar-refractivity contribution in [3.05, 3.63) is 29.8 Å². The molecule has 0 unspecified atom stereocenters. The molecule has 1 aromatic rings. The maximum atomic E-state index is 11.4. The quantitative estimate of drug-likeness (QED) is 0.765. The van der Waals surface area contributed by atoms with E-state index in [9.17, 15) is 9.59 Å². The third-order valence-electron chi connectivity index (χ3n) is 2.38. The van der Waals surface area contributed by atoms with Crippen molar-refractivity contribution in [2.45, 2.75) is 26.3 Å². The zero-order valence-corrected chi connectivity index (χ0v) is 10.1. The van der Waals surface area contributed by atoms with Crippen LogP contribution in [-0.2, 0) is 4.79 Å². The van der Waals surface area contributed by atoms with Crippen LogP contribution in [0.5, 0.6) is 5.75 Å². The lowest BCUT2D eigenvalue weighted by atomic mass is 10.2. The lowest BCUT2D eigenvalue weighted by Gasteiger charge is -2.12. The second-order valence-electron chi connectivity index (χ2n) is 3.86. The Morgan fingerprint density at radius 3 is 2.94 bits per heavy atom. The summed E-state index contributed by atoms with van der Waals surface area (Å²) in [6.07, 6.45) is 1.62.